The van der Waals surface area contributed by atoms with Gasteiger partial charge in [-0.1, -0.05) is 18.2 Å². The molecule has 0 amide bonds. The summed E-state index contributed by atoms with van der Waals surface area (Å²) >= 11 is 0. The number of pyridine rings is 2. The Hall–Kier alpha value is -3.38. The van der Waals surface area contributed by atoms with Gasteiger partial charge >= 0.3 is 0 Å². The van der Waals surface area contributed by atoms with Crippen LogP contribution in [0.25, 0.3) is 22.3 Å². The molecule has 1 aromatic carbocycles. The van der Waals surface area contributed by atoms with Crippen molar-refractivity contribution in [3.63, 3.8) is 0 Å². The van der Waals surface area contributed by atoms with Gasteiger partial charge in [-0.2, -0.15) is 0 Å². The largest absolute Gasteiger partial charge is 0.308 e. The van der Waals surface area contributed by atoms with Crippen LogP contribution in [0.2, 0.25) is 0 Å². The molecular formula is C25H23N5O. The summed E-state index contributed by atoms with van der Waals surface area (Å²) in [6.07, 6.45) is 8.41. The molecule has 0 fully saturated rings. The second kappa shape index (κ2) is 7.39. The normalized spacial score (nSPS) is 15.7. The van der Waals surface area contributed by atoms with Crippen LogP contribution in [0.3, 0.4) is 0 Å². The van der Waals surface area contributed by atoms with Gasteiger partial charge in [0.15, 0.2) is 5.82 Å². The van der Waals surface area contributed by atoms with Gasteiger partial charge in [0.1, 0.15) is 0 Å². The van der Waals surface area contributed by atoms with E-state index in [-0.39, 0.29) is 5.56 Å². The van der Waals surface area contributed by atoms with Crippen LogP contribution < -0.4 is 5.56 Å². The SMILES string of the molecule is O=c1c(CN2CCc3nc(-c4ccncc4)ncc3C2)cc2cccc3c2n1CCC3. The van der Waals surface area contributed by atoms with E-state index < -0.39 is 0 Å². The lowest BCUT2D eigenvalue weighted by molar-refractivity contribution is 0.241. The Bertz CT molecular complexity index is 1350. The Morgan fingerprint density at radius 3 is 2.81 bits per heavy atom. The van der Waals surface area contributed by atoms with Crippen molar-refractivity contribution in [3.05, 3.63) is 87.7 Å². The van der Waals surface area contributed by atoms with Gasteiger partial charge in [-0.25, -0.2) is 9.97 Å². The molecule has 0 aliphatic carbocycles. The van der Waals surface area contributed by atoms with Gasteiger partial charge in [0.25, 0.3) is 5.56 Å². The second-order valence-electron chi connectivity index (χ2n) is 8.45. The number of fused-ring (bicyclic) bond motifs is 1. The van der Waals surface area contributed by atoms with Gasteiger partial charge in [-0.3, -0.25) is 14.7 Å². The molecular weight excluding hydrogens is 386 g/mol. The van der Waals surface area contributed by atoms with Gasteiger partial charge in [-0.05, 0) is 42.0 Å². The Balaban J connectivity index is 1.28. The minimum atomic E-state index is 0.162. The predicted octanol–water partition coefficient (Wildman–Crippen LogP) is 3.36. The summed E-state index contributed by atoms with van der Waals surface area (Å²) in [7, 11) is 0. The monoisotopic (exact) mass is 409 g/mol. The predicted molar refractivity (Wildman–Crippen MR) is 120 cm³/mol. The maximum atomic E-state index is 13.2. The first kappa shape index (κ1) is 18.4. The van der Waals surface area contributed by atoms with Crippen molar-refractivity contribution in [2.75, 3.05) is 6.54 Å². The van der Waals surface area contributed by atoms with Crippen LogP contribution in [0.5, 0.6) is 0 Å². The molecule has 31 heavy (non-hydrogen) atoms. The van der Waals surface area contributed by atoms with E-state index in [0.29, 0.717) is 6.54 Å². The van der Waals surface area contributed by atoms with Gasteiger partial charge in [0, 0.05) is 67.9 Å². The molecule has 0 spiro atoms. The van der Waals surface area contributed by atoms with E-state index in [1.807, 2.05) is 22.9 Å². The van der Waals surface area contributed by atoms with Crippen molar-refractivity contribution >= 4 is 10.9 Å². The average molecular weight is 409 g/mol. The van der Waals surface area contributed by atoms with Crippen molar-refractivity contribution in [2.45, 2.75) is 38.9 Å². The van der Waals surface area contributed by atoms with Gasteiger partial charge < -0.3 is 4.57 Å². The zero-order valence-corrected chi connectivity index (χ0v) is 17.3. The molecule has 0 saturated carbocycles. The molecule has 0 saturated heterocycles. The van der Waals surface area contributed by atoms with Crippen LogP contribution in [-0.4, -0.2) is 31.0 Å². The number of aromatic nitrogens is 4. The summed E-state index contributed by atoms with van der Waals surface area (Å²) in [6.45, 7) is 3.12. The third kappa shape index (κ3) is 3.24. The molecule has 2 aliphatic heterocycles. The lowest BCUT2D eigenvalue weighted by atomic mass is 9.99. The van der Waals surface area contributed by atoms with Crippen LogP contribution in [-0.2, 0) is 32.5 Å². The highest BCUT2D eigenvalue weighted by Gasteiger charge is 2.22. The molecule has 6 rings (SSSR count). The molecule has 0 radical (unpaired) electrons. The van der Waals surface area contributed by atoms with Crippen LogP contribution in [0.4, 0.5) is 0 Å². The second-order valence-corrected chi connectivity index (χ2v) is 8.45. The maximum absolute atomic E-state index is 13.2. The summed E-state index contributed by atoms with van der Waals surface area (Å²) in [5.74, 6) is 0.747. The highest BCUT2D eigenvalue weighted by molar-refractivity contribution is 5.83. The first-order valence-electron chi connectivity index (χ1n) is 10.9. The number of hydrogen-bond donors (Lipinski definition) is 0. The average Bonchev–Trinajstić information content (AvgIpc) is 2.82. The Kier molecular flexibility index (Phi) is 4.39. The fraction of sp³-hybridized carbons (Fsp3) is 0.280. The summed E-state index contributed by atoms with van der Waals surface area (Å²) in [5.41, 5.74) is 6.70. The van der Waals surface area contributed by atoms with Gasteiger partial charge in [0.2, 0.25) is 0 Å². The van der Waals surface area contributed by atoms with E-state index >= 15 is 0 Å². The lowest BCUT2D eigenvalue weighted by Gasteiger charge is -2.28. The summed E-state index contributed by atoms with van der Waals surface area (Å²) in [5, 5.41) is 1.18. The van der Waals surface area contributed by atoms with Crippen LogP contribution in [0, 0.1) is 0 Å². The van der Waals surface area contributed by atoms with Crippen molar-refractivity contribution in [2.24, 2.45) is 0 Å². The van der Waals surface area contributed by atoms with E-state index in [2.05, 4.69) is 39.1 Å². The minimum absolute atomic E-state index is 0.162. The smallest absolute Gasteiger partial charge is 0.255 e. The summed E-state index contributed by atoms with van der Waals surface area (Å²) in [6, 6.07) is 12.4. The third-order valence-corrected chi connectivity index (χ3v) is 6.44. The molecule has 2 aliphatic rings. The van der Waals surface area contributed by atoms with Crippen LogP contribution in [0.1, 0.15) is 28.8 Å². The topological polar surface area (TPSA) is 63.9 Å². The molecule has 154 valence electrons. The molecule has 4 aromatic rings. The Morgan fingerprint density at radius 2 is 1.90 bits per heavy atom. The lowest BCUT2D eigenvalue weighted by Crippen LogP contribution is -2.35. The number of benzene rings is 1. The quantitative estimate of drug-likeness (QED) is 0.519. The first-order chi connectivity index (χ1) is 15.3. The molecule has 0 unspecified atom stereocenters. The van der Waals surface area contributed by atoms with E-state index in [1.165, 1.54) is 10.9 Å². The Morgan fingerprint density at radius 1 is 1.00 bits per heavy atom. The van der Waals surface area contributed by atoms with Crippen LogP contribution in [0.15, 0.2) is 59.8 Å². The fourth-order valence-electron chi connectivity index (χ4n) is 4.93. The number of rotatable bonds is 3. The summed E-state index contributed by atoms with van der Waals surface area (Å²) in [4.78, 5) is 29.0. The molecule has 3 aromatic heterocycles. The van der Waals surface area contributed by atoms with Crippen molar-refractivity contribution < 1.29 is 0 Å². The zero-order valence-electron chi connectivity index (χ0n) is 17.3. The maximum Gasteiger partial charge on any atom is 0.255 e. The fourth-order valence-corrected chi connectivity index (χ4v) is 4.93. The molecule has 0 bridgehead atoms. The first-order valence-corrected chi connectivity index (χ1v) is 10.9. The highest BCUT2D eigenvalue weighted by atomic mass is 16.1. The van der Waals surface area contributed by atoms with E-state index in [0.717, 1.165) is 72.6 Å². The summed E-state index contributed by atoms with van der Waals surface area (Å²) < 4.78 is 1.99. The molecule has 5 heterocycles. The van der Waals surface area contributed by atoms with E-state index in [9.17, 15) is 4.79 Å². The van der Waals surface area contributed by atoms with Gasteiger partial charge in [0.05, 0.1) is 11.2 Å². The molecule has 6 nitrogen and oxygen atoms in total. The van der Waals surface area contributed by atoms with E-state index in [1.54, 1.807) is 12.4 Å². The van der Waals surface area contributed by atoms with Crippen molar-refractivity contribution in [3.8, 4) is 11.4 Å². The highest BCUT2D eigenvalue weighted by Crippen LogP contribution is 2.26. The molecule has 6 heteroatoms. The Labute approximate surface area is 180 Å². The third-order valence-electron chi connectivity index (χ3n) is 6.44. The van der Waals surface area contributed by atoms with E-state index in [4.69, 9.17) is 4.98 Å². The zero-order chi connectivity index (χ0) is 20.8. The number of para-hydroxylation sites is 1. The minimum Gasteiger partial charge on any atom is -0.308 e. The number of nitrogens with zero attached hydrogens (tertiary/aromatic N) is 5. The number of hydrogen-bond acceptors (Lipinski definition) is 5. The molecule has 0 atom stereocenters. The molecule has 0 N–H and O–H groups in total. The van der Waals surface area contributed by atoms with Crippen molar-refractivity contribution in [1.82, 2.24) is 24.4 Å². The standard InChI is InChI=1S/C25H23N5O/c31-25-20(13-19-4-1-3-17-5-2-11-30(25)23(17)19)15-29-12-8-22-21(16-29)14-27-24(28-22)18-6-9-26-10-7-18/h1,3-4,6-7,9-10,13-14H,2,5,8,11-12,15-16H2. The van der Waals surface area contributed by atoms with Gasteiger partial charge in [-0.15, -0.1) is 0 Å². The van der Waals surface area contributed by atoms with Crippen LogP contribution >= 0.6 is 0 Å². The number of aryl methyl sites for hydroxylation is 2. The van der Waals surface area contributed by atoms with Crippen molar-refractivity contribution in [1.29, 1.82) is 0 Å².